The van der Waals surface area contributed by atoms with Gasteiger partial charge >= 0.3 is 0 Å². The average Bonchev–Trinajstić information content (AvgIpc) is 2.43. The van der Waals surface area contributed by atoms with Gasteiger partial charge in [0.2, 0.25) is 5.95 Å². The predicted molar refractivity (Wildman–Crippen MR) is 73.8 cm³/mol. The lowest BCUT2D eigenvalue weighted by Gasteiger charge is -2.13. The molecule has 2 aromatic rings. The summed E-state index contributed by atoms with van der Waals surface area (Å²) in [6, 6.07) is 7.86. The highest BCUT2D eigenvalue weighted by Crippen LogP contribution is 2.21. The van der Waals surface area contributed by atoms with E-state index in [4.69, 9.17) is 5.11 Å². The van der Waals surface area contributed by atoms with Crippen LogP contribution >= 0.6 is 0 Å². The van der Waals surface area contributed by atoms with Gasteiger partial charge < -0.3 is 15.7 Å². The number of hydrogen-bond acceptors (Lipinski definition) is 5. The van der Waals surface area contributed by atoms with E-state index in [0.29, 0.717) is 12.5 Å². The van der Waals surface area contributed by atoms with E-state index in [0.717, 1.165) is 16.7 Å². The highest BCUT2D eigenvalue weighted by Gasteiger charge is 2.07. The van der Waals surface area contributed by atoms with Crippen molar-refractivity contribution in [3.8, 4) is 0 Å². The minimum Gasteiger partial charge on any atom is -0.396 e. The van der Waals surface area contributed by atoms with Crippen molar-refractivity contribution in [2.75, 3.05) is 30.8 Å². The van der Waals surface area contributed by atoms with Gasteiger partial charge in [0.25, 0.3) is 0 Å². The lowest BCUT2D eigenvalue weighted by molar-refractivity contribution is 0.244. The summed E-state index contributed by atoms with van der Waals surface area (Å²) in [4.78, 5) is 8.80. The fourth-order valence-electron chi connectivity index (χ4n) is 1.66. The third-order valence-electron chi connectivity index (χ3n) is 2.76. The molecule has 0 aliphatic rings. The van der Waals surface area contributed by atoms with Crippen molar-refractivity contribution in [2.24, 2.45) is 5.92 Å². The van der Waals surface area contributed by atoms with Crippen LogP contribution in [0, 0.1) is 5.92 Å². The molecule has 1 unspecified atom stereocenters. The normalized spacial score (nSPS) is 12.4. The average molecular weight is 246 g/mol. The number of hydrogen-bond donors (Lipinski definition) is 3. The molecule has 0 aliphatic carbocycles. The zero-order chi connectivity index (χ0) is 13.0. The van der Waals surface area contributed by atoms with Crippen LogP contribution in [0.4, 0.5) is 11.8 Å². The summed E-state index contributed by atoms with van der Waals surface area (Å²) in [7, 11) is 1.80. The number of benzene rings is 1. The van der Waals surface area contributed by atoms with Gasteiger partial charge in [-0.3, -0.25) is 0 Å². The molecule has 2 rings (SSSR count). The van der Waals surface area contributed by atoms with E-state index in [1.165, 1.54) is 0 Å². The number of anilines is 2. The fraction of sp³-hybridized carbons (Fsp3) is 0.385. The smallest absolute Gasteiger partial charge is 0.224 e. The van der Waals surface area contributed by atoms with Crippen molar-refractivity contribution in [3.05, 3.63) is 24.3 Å². The molecule has 0 saturated heterocycles. The molecular formula is C13H18N4O. The molecule has 1 aromatic heterocycles. The molecule has 0 amide bonds. The van der Waals surface area contributed by atoms with Crippen LogP contribution in [0.5, 0.6) is 0 Å². The second-order valence-corrected chi connectivity index (χ2v) is 4.33. The highest BCUT2D eigenvalue weighted by atomic mass is 16.3. The van der Waals surface area contributed by atoms with Gasteiger partial charge in [-0.2, -0.15) is 4.98 Å². The monoisotopic (exact) mass is 246 g/mol. The van der Waals surface area contributed by atoms with Crippen LogP contribution in [-0.4, -0.2) is 35.3 Å². The quantitative estimate of drug-likeness (QED) is 0.749. The molecule has 0 saturated carbocycles. The standard InChI is InChI=1S/C13H18N4O/c1-9(8-18)7-15-12-10-5-3-4-6-11(10)16-13(14-2)17-12/h3-6,9,18H,7-8H2,1-2H3,(H2,14,15,16,17). The van der Waals surface area contributed by atoms with Crippen molar-refractivity contribution >= 4 is 22.7 Å². The van der Waals surface area contributed by atoms with E-state index in [-0.39, 0.29) is 12.5 Å². The number of rotatable bonds is 5. The van der Waals surface area contributed by atoms with Gasteiger partial charge in [-0.25, -0.2) is 4.98 Å². The van der Waals surface area contributed by atoms with Gasteiger partial charge in [-0.15, -0.1) is 0 Å². The van der Waals surface area contributed by atoms with Crippen molar-refractivity contribution in [1.82, 2.24) is 9.97 Å². The topological polar surface area (TPSA) is 70.1 Å². The van der Waals surface area contributed by atoms with E-state index >= 15 is 0 Å². The molecule has 0 radical (unpaired) electrons. The Labute approximate surface area is 106 Å². The van der Waals surface area contributed by atoms with E-state index in [2.05, 4.69) is 20.6 Å². The van der Waals surface area contributed by atoms with E-state index in [9.17, 15) is 0 Å². The Morgan fingerprint density at radius 3 is 2.78 bits per heavy atom. The maximum Gasteiger partial charge on any atom is 0.224 e. The maximum atomic E-state index is 9.04. The van der Waals surface area contributed by atoms with Crippen LogP contribution in [-0.2, 0) is 0 Å². The van der Waals surface area contributed by atoms with Crippen molar-refractivity contribution in [3.63, 3.8) is 0 Å². The molecule has 0 aliphatic heterocycles. The third kappa shape index (κ3) is 2.68. The number of fused-ring (bicyclic) bond motifs is 1. The van der Waals surface area contributed by atoms with Gasteiger partial charge in [0.05, 0.1) is 5.52 Å². The molecule has 5 heteroatoms. The van der Waals surface area contributed by atoms with Crippen LogP contribution in [0.3, 0.4) is 0 Å². The Bertz CT molecular complexity index is 529. The van der Waals surface area contributed by atoms with Gasteiger partial charge in [0, 0.05) is 25.6 Å². The lowest BCUT2D eigenvalue weighted by atomic mass is 10.2. The molecule has 1 heterocycles. The summed E-state index contributed by atoms with van der Waals surface area (Å²) >= 11 is 0. The first-order valence-corrected chi connectivity index (χ1v) is 6.04. The predicted octanol–water partition coefficient (Wildman–Crippen LogP) is 1.71. The number of para-hydroxylation sites is 1. The van der Waals surface area contributed by atoms with Crippen LogP contribution in [0.2, 0.25) is 0 Å². The van der Waals surface area contributed by atoms with Crippen LogP contribution in [0.15, 0.2) is 24.3 Å². The number of aliphatic hydroxyl groups excluding tert-OH is 1. The SMILES string of the molecule is CNc1nc(NCC(C)CO)c2ccccc2n1. The van der Waals surface area contributed by atoms with Crippen LogP contribution in [0.25, 0.3) is 10.9 Å². The van der Waals surface area contributed by atoms with E-state index in [1.54, 1.807) is 7.05 Å². The van der Waals surface area contributed by atoms with Crippen molar-refractivity contribution in [2.45, 2.75) is 6.92 Å². The van der Waals surface area contributed by atoms with Crippen LogP contribution in [0.1, 0.15) is 6.92 Å². The van der Waals surface area contributed by atoms with E-state index < -0.39 is 0 Å². The molecule has 0 spiro atoms. The van der Waals surface area contributed by atoms with Gasteiger partial charge in [-0.1, -0.05) is 19.1 Å². The first kappa shape index (κ1) is 12.6. The third-order valence-corrected chi connectivity index (χ3v) is 2.76. The summed E-state index contributed by atoms with van der Waals surface area (Å²) < 4.78 is 0. The Kier molecular flexibility index (Phi) is 3.94. The summed E-state index contributed by atoms with van der Waals surface area (Å²) in [5.41, 5.74) is 0.899. The number of nitrogens with one attached hydrogen (secondary N) is 2. The summed E-state index contributed by atoms with van der Waals surface area (Å²) in [6.45, 7) is 2.82. The number of aromatic nitrogens is 2. The molecule has 3 N–H and O–H groups in total. The molecule has 96 valence electrons. The summed E-state index contributed by atoms with van der Waals surface area (Å²) in [5, 5.41) is 16.2. The zero-order valence-electron chi connectivity index (χ0n) is 10.6. The Morgan fingerprint density at radius 2 is 2.06 bits per heavy atom. The highest BCUT2D eigenvalue weighted by molar-refractivity contribution is 5.89. The van der Waals surface area contributed by atoms with Gasteiger partial charge in [-0.05, 0) is 18.1 Å². The lowest BCUT2D eigenvalue weighted by Crippen LogP contribution is -2.16. The first-order chi connectivity index (χ1) is 8.74. The first-order valence-electron chi connectivity index (χ1n) is 6.04. The molecule has 18 heavy (non-hydrogen) atoms. The minimum absolute atomic E-state index is 0.162. The number of nitrogens with zero attached hydrogens (tertiary/aromatic N) is 2. The second-order valence-electron chi connectivity index (χ2n) is 4.33. The zero-order valence-corrected chi connectivity index (χ0v) is 10.6. The van der Waals surface area contributed by atoms with Gasteiger partial charge in [0.15, 0.2) is 0 Å². The minimum atomic E-state index is 0.162. The Hall–Kier alpha value is -1.88. The second kappa shape index (κ2) is 5.64. The number of aliphatic hydroxyl groups is 1. The van der Waals surface area contributed by atoms with Crippen molar-refractivity contribution < 1.29 is 5.11 Å². The summed E-state index contributed by atoms with van der Waals surface area (Å²) in [6.07, 6.45) is 0. The molecule has 5 nitrogen and oxygen atoms in total. The largest absolute Gasteiger partial charge is 0.396 e. The Balaban J connectivity index is 2.34. The fourth-order valence-corrected chi connectivity index (χ4v) is 1.66. The molecule has 1 atom stereocenters. The van der Waals surface area contributed by atoms with E-state index in [1.807, 2.05) is 31.2 Å². The molecule has 0 fully saturated rings. The summed E-state index contributed by atoms with van der Waals surface area (Å²) in [5.74, 6) is 1.58. The molecular weight excluding hydrogens is 228 g/mol. The molecule has 0 bridgehead atoms. The van der Waals surface area contributed by atoms with Gasteiger partial charge in [0.1, 0.15) is 5.82 Å². The van der Waals surface area contributed by atoms with Crippen molar-refractivity contribution in [1.29, 1.82) is 0 Å². The Morgan fingerprint density at radius 1 is 1.28 bits per heavy atom. The van der Waals surface area contributed by atoms with Crippen LogP contribution < -0.4 is 10.6 Å². The maximum absolute atomic E-state index is 9.04. The molecule has 1 aromatic carbocycles.